The van der Waals surface area contributed by atoms with Gasteiger partial charge in [-0.1, -0.05) is 13.8 Å². The average molecular weight is 241 g/mol. The maximum absolute atomic E-state index is 12.1. The van der Waals surface area contributed by atoms with Crippen molar-refractivity contribution in [2.75, 3.05) is 26.2 Å². The molecule has 0 radical (unpaired) electrons. The Morgan fingerprint density at radius 2 is 2.18 bits per heavy atom. The molecule has 1 aliphatic heterocycles. The Morgan fingerprint density at radius 3 is 2.65 bits per heavy atom. The van der Waals surface area contributed by atoms with E-state index in [9.17, 15) is 4.79 Å². The summed E-state index contributed by atoms with van der Waals surface area (Å²) in [5, 5.41) is 6.40. The number of amides is 1. The van der Waals surface area contributed by atoms with Crippen LogP contribution in [0.2, 0.25) is 0 Å². The number of nitrogens with two attached hydrogens (primary N) is 1. The summed E-state index contributed by atoms with van der Waals surface area (Å²) in [6.07, 6.45) is 3.94. The Kier molecular flexibility index (Phi) is 5.92. The first-order valence-electron chi connectivity index (χ1n) is 6.87. The summed E-state index contributed by atoms with van der Waals surface area (Å²) in [4.78, 5) is 12.1. The smallest absolute Gasteiger partial charge is 0.227 e. The summed E-state index contributed by atoms with van der Waals surface area (Å²) in [6.45, 7) is 7.52. The normalized spacial score (nSPS) is 20.5. The van der Waals surface area contributed by atoms with E-state index in [4.69, 9.17) is 5.73 Å². The second-order valence-electron chi connectivity index (χ2n) is 5.09. The molecule has 17 heavy (non-hydrogen) atoms. The van der Waals surface area contributed by atoms with Gasteiger partial charge in [-0.3, -0.25) is 4.79 Å². The standard InChI is InChI=1S/C13H27N3O/c1-3-13(4-2,10-14)12(17)16-8-6-11-5-7-15-9-11/h11,15H,3-10,14H2,1-2H3,(H,16,17). The highest BCUT2D eigenvalue weighted by molar-refractivity contribution is 5.82. The van der Waals surface area contributed by atoms with Gasteiger partial charge in [0.25, 0.3) is 0 Å². The minimum Gasteiger partial charge on any atom is -0.356 e. The van der Waals surface area contributed by atoms with Gasteiger partial charge >= 0.3 is 0 Å². The minimum absolute atomic E-state index is 0.135. The van der Waals surface area contributed by atoms with Crippen LogP contribution in [0.15, 0.2) is 0 Å². The lowest BCUT2D eigenvalue weighted by atomic mass is 9.81. The third-order valence-corrected chi connectivity index (χ3v) is 4.23. The van der Waals surface area contributed by atoms with Gasteiger partial charge in [-0.15, -0.1) is 0 Å². The van der Waals surface area contributed by atoms with E-state index in [2.05, 4.69) is 10.6 Å². The fourth-order valence-electron chi connectivity index (χ4n) is 2.49. The van der Waals surface area contributed by atoms with Gasteiger partial charge in [-0.25, -0.2) is 0 Å². The second kappa shape index (κ2) is 6.97. The molecular formula is C13H27N3O. The first-order chi connectivity index (χ1) is 8.18. The molecule has 1 fully saturated rings. The van der Waals surface area contributed by atoms with E-state index in [0.29, 0.717) is 6.54 Å². The molecule has 0 bridgehead atoms. The molecule has 100 valence electrons. The molecule has 0 spiro atoms. The van der Waals surface area contributed by atoms with Crippen LogP contribution in [-0.4, -0.2) is 32.1 Å². The van der Waals surface area contributed by atoms with Crippen LogP contribution in [0.3, 0.4) is 0 Å². The summed E-state index contributed by atoms with van der Waals surface area (Å²) in [7, 11) is 0. The summed E-state index contributed by atoms with van der Waals surface area (Å²) < 4.78 is 0. The Hall–Kier alpha value is -0.610. The first-order valence-corrected chi connectivity index (χ1v) is 6.87. The van der Waals surface area contributed by atoms with Crippen molar-refractivity contribution in [2.45, 2.75) is 39.5 Å². The van der Waals surface area contributed by atoms with Crippen LogP contribution in [0, 0.1) is 11.3 Å². The van der Waals surface area contributed by atoms with Crippen molar-refractivity contribution in [1.29, 1.82) is 0 Å². The summed E-state index contributed by atoms with van der Waals surface area (Å²) in [6, 6.07) is 0. The molecule has 1 heterocycles. The van der Waals surface area contributed by atoms with E-state index in [0.717, 1.165) is 44.8 Å². The Balaban J connectivity index is 2.31. The number of hydrogen-bond acceptors (Lipinski definition) is 3. The fraction of sp³-hybridized carbons (Fsp3) is 0.923. The van der Waals surface area contributed by atoms with E-state index in [-0.39, 0.29) is 11.3 Å². The fourth-order valence-corrected chi connectivity index (χ4v) is 2.49. The van der Waals surface area contributed by atoms with Crippen molar-refractivity contribution in [3.63, 3.8) is 0 Å². The van der Waals surface area contributed by atoms with E-state index >= 15 is 0 Å². The van der Waals surface area contributed by atoms with Gasteiger partial charge in [-0.2, -0.15) is 0 Å². The predicted molar refractivity (Wildman–Crippen MR) is 70.7 cm³/mol. The molecule has 0 saturated carbocycles. The van der Waals surface area contributed by atoms with Gasteiger partial charge in [0, 0.05) is 13.1 Å². The molecule has 1 amide bonds. The van der Waals surface area contributed by atoms with Gasteiger partial charge in [0.05, 0.1) is 5.41 Å². The number of rotatable bonds is 7. The Morgan fingerprint density at radius 1 is 1.47 bits per heavy atom. The molecule has 0 aromatic rings. The van der Waals surface area contributed by atoms with E-state index in [1.165, 1.54) is 6.42 Å². The van der Waals surface area contributed by atoms with Crippen LogP contribution in [0.1, 0.15) is 39.5 Å². The van der Waals surface area contributed by atoms with Crippen LogP contribution in [-0.2, 0) is 4.79 Å². The highest BCUT2D eigenvalue weighted by Crippen LogP contribution is 2.25. The predicted octanol–water partition coefficient (Wildman–Crippen LogP) is 0.867. The van der Waals surface area contributed by atoms with E-state index < -0.39 is 0 Å². The molecule has 1 aliphatic rings. The first kappa shape index (κ1) is 14.5. The number of carbonyl (C=O) groups is 1. The zero-order valence-electron chi connectivity index (χ0n) is 11.2. The maximum Gasteiger partial charge on any atom is 0.227 e. The van der Waals surface area contributed by atoms with Crippen molar-refractivity contribution in [3.05, 3.63) is 0 Å². The molecule has 4 nitrogen and oxygen atoms in total. The van der Waals surface area contributed by atoms with Crippen molar-refractivity contribution >= 4 is 5.91 Å². The minimum atomic E-state index is -0.353. The molecule has 1 atom stereocenters. The number of carbonyl (C=O) groups excluding carboxylic acids is 1. The quantitative estimate of drug-likeness (QED) is 0.619. The molecule has 0 aliphatic carbocycles. The maximum atomic E-state index is 12.1. The molecule has 4 heteroatoms. The Bertz CT molecular complexity index is 225. The highest BCUT2D eigenvalue weighted by Gasteiger charge is 2.32. The van der Waals surface area contributed by atoms with E-state index in [1.807, 2.05) is 13.8 Å². The lowest BCUT2D eigenvalue weighted by Gasteiger charge is -2.28. The molecule has 1 saturated heterocycles. The summed E-state index contributed by atoms with van der Waals surface area (Å²) in [5.41, 5.74) is 5.40. The van der Waals surface area contributed by atoms with Gasteiger partial charge < -0.3 is 16.4 Å². The zero-order valence-corrected chi connectivity index (χ0v) is 11.2. The second-order valence-corrected chi connectivity index (χ2v) is 5.09. The summed E-state index contributed by atoms with van der Waals surface area (Å²) >= 11 is 0. The van der Waals surface area contributed by atoms with Crippen molar-refractivity contribution in [1.82, 2.24) is 10.6 Å². The van der Waals surface area contributed by atoms with Crippen LogP contribution >= 0.6 is 0 Å². The lowest BCUT2D eigenvalue weighted by molar-refractivity contribution is -0.131. The van der Waals surface area contributed by atoms with Gasteiger partial charge in [0.1, 0.15) is 0 Å². The largest absolute Gasteiger partial charge is 0.356 e. The number of hydrogen-bond donors (Lipinski definition) is 3. The number of nitrogens with one attached hydrogen (secondary N) is 2. The monoisotopic (exact) mass is 241 g/mol. The van der Waals surface area contributed by atoms with Crippen LogP contribution in [0.4, 0.5) is 0 Å². The molecule has 0 aromatic carbocycles. The van der Waals surface area contributed by atoms with Crippen LogP contribution in [0.5, 0.6) is 0 Å². The molecule has 4 N–H and O–H groups in total. The topological polar surface area (TPSA) is 67.2 Å². The third-order valence-electron chi connectivity index (χ3n) is 4.23. The van der Waals surface area contributed by atoms with Crippen molar-refractivity contribution in [2.24, 2.45) is 17.1 Å². The third kappa shape index (κ3) is 3.68. The lowest BCUT2D eigenvalue weighted by Crippen LogP contribution is -2.45. The molecule has 1 unspecified atom stereocenters. The molecule has 0 aromatic heterocycles. The van der Waals surface area contributed by atoms with Crippen molar-refractivity contribution in [3.8, 4) is 0 Å². The SMILES string of the molecule is CCC(CC)(CN)C(=O)NCCC1CCNC1. The Labute approximate surface area is 105 Å². The van der Waals surface area contributed by atoms with E-state index in [1.54, 1.807) is 0 Å². The van der Waals surface area contributed by atoms with Crippen LogP contribution < -0.4 is 16.4 Å². The molecule has 1 rings (SSSR count). The van der Waals surface area contributed by atoms with Gasteiger partial charge in [0.2, 0.25) is 5.91 Å². The average Bonchev–Trinajstić information content (AvgIpc) is 2.85. The highest BCUT2D eigenvalue weighted by atomic mass is 16.2. The molecular weight excluding hydrogens is 214 g/mol. The zero-order chi connectivity index (χ0) is 12.7. The summed E-state index contributed by atoms with van der Waals surface area (Å²) in [5.74, 6) is 0.863. The van der Waals surface area contributed by atoms with Crippen LogP contribution in [0.25, 0.3) is 0 Å². The van der Waals surface area contributed by atoms with Gasteiger partial charge in [-0.05, 0) is 44.7 Å². The van der Waals surface area contributed by atoms with Crippen molar-refractivity contribution < 1.29 is 4.79 Å². The van der Waals surface area contributed by atoms with Gasteiger partial charge in [0.15, 0.2) is 0 Å².